The van der Waals surface area contributed by atoms with Crippen molar-refractivity contribution in [2.24, 2.45) is 7.05 Å². The van der Waals surface area contributed by atoms with E-state index < -0.39 is 0 Å². The Balaban J connectivity index is 1.55. The third-order valence-corrected chi connectivity index (χ3v) is 5.41. The van der Waals surface area contributed by atoms with Crippen molar-refractivity contribution in [2.75, 3.05) is 45.1 Å². The second-order valence-corrected chi connectivity index (χ2v) is 6.67. The molecule has 1 amide bonds. The van der Waals surface area contributed by atoms with Crippen molar-refractivity contribution in [3.63, 3.8) is 0 Å². The molecule has 3 rings (SSSR count). The molecule has 2 aliphatic heterocycles. The van der Waals surface area contributed by atoms with Crippen molar-refractivity contribution in [1.29, 1.82) is 0 Å². The van der Waals surface area contributed by atoms with E-state index in [1.165, 1.54) is 5.69 Å². The number of thioether (sulfide) groups is 1. The second-order valence-electron chi connectivity index (χ2n) is 5.60. The van der Waals surface area contributed by atoms with E-state index in [-0.39, 0.29) is 11.3 Å². The topological polar surface area (TPSA) is 37.7 Å². The van der Waals surface area contributed by atoms with Crippen LogP contribution in [0.25, 0.3) is 0 Å². The van der Waals surface area contributed by atoms with Gasteiger partial charge in [0.15, 0.2) is 0 Å². The molecule has 0 bridgehead atoms. The largest absolute Gasteiger partial charge is 0.379 e. The number of nitrogens with zero attached hydrogens (tertiary/aromatic N) is 3. The average Bonchev–Trinajstić information content (AvgIpc) is 3.07. The van der Waals surface area contributed by atoms with E-state index in [4.69, 9.17) is 4.74 Å². The predicted octanol–water partition coefficient (Wildman–Crippen LogP) is 1.32. The van der Waals surface area contributed by atoms with Gasteiger partial charge in [0.1, 0.15) is 5.37 Å². The van der Waals surface area contributed by atoms with Crippen LogP contribution in [0.4, 0.5) is 0 Å². The first-order chi connectivity index (χ1) is 10.3. The Morgan fingerprint density at radius 2 is 2.14 bits per heavy atom. The number of aryl methyl sites for hydroxylation is 1. The molecule has 0 radical (unpaired) electrons. The molecule has 2 fully saturated rings. The van der Waals surface area contributed by atoms with Crippen LogP contribution in [-0.4, -0.2) is 65.4 Å². The van der Waals surface area contributed by atoms with Gasteiger partial charge >= 0.3 is 0 Å². The smallest absolute Gasteiger partial charge is 0.233 e. The second kappa shape index (κ2) is 6.85. The van der Waals surface area contributed by atoms with Gasteiger partial charge in [-0.15, -0.1) is 11.8 Å². The third kappa shape index (κ3) is 3.44. The van der Waals surface area contributed by atoms with E-state index in [1.54, 1.807) is 11.8 Å². The summed E-state index contributed by atoms with van der Waals surface area (Å²) in [5.41, 5.74) is 1.22. The van der Waals surface area contributed by atoms with E-state index in [1.807, 2.05) is 24.2 Å². The lowest BCUT2D eigenvalue weighted by molar-refractivity contribution is -0.128. The maximum atomic E-state index is 12.1. The monoisotopic (exact) mass is 309 g/mol. The van der Waals surface area contributed by atoms with Gasteiger partial charge in [0.25, 0.3) is 0 Å². The maximum absolute atomic E-state index is 12.1. The number of aromatic nitrogens is 1. The van der Waals surface area contributed by atoms with Crippen molar-refractivity contribution in [1.82, 2.24) is 14.4 Å². The lowest BCUT2D eigenvalue weighted by Crippen LogP contribution is -2.38. The third-order valence-electron chi connectivity index (χ3n) is 4.18. The molecule has 1 aromatic heterocycles. The summed E-state index contributed by atoms with van der Waals surface area (Å²) in [5, 5.41) is 0.183. The average molecular weight is 309 g/mol. The molecule has 116 valence electrons. The molecule has 21 heavy (non-hydrogen) atoms. The van der Waals surface area contributed by atoms with Gasteiger partial charge in [-0.25, -0.2) is 0 Å². The summed E-state index contributed by atoms with van der Waals surface area (Å²) in [6.45, 7) is 5.61. The fourth-order valence-electron chi connectivity index (χ4n) is 2.96. The molecule has 6 heteroatoms. The van der Waals surface area contributed by atoms with Crippen LogP contribution in [0.2, 0.25) is 0 Å². The van der Waals surface area contributed by atoms with Gasteiger partial charge in [-0.05, 0) is 18.6 Å². The van der Waals surface area contributed by atoms with Crippen LogP contribution in [0, 0.1) is 0 Å². The Labute approximate surface area is 130 Å². The van der Waals surface area contributed by atoms with Gasteiger partial charge in [-0.3, -0.25) is 9.69 Å². The SMILES string of the molecule is Cn1cccc1C1SCC(=O)N1CCCN1CCOCC1. The minimum Gasteiger partial charge on any atom is -0.379 e. The number of carbonyl (C=O) groups excluding carboxylic acids is 1. The zero-order valence-corrected chi connectivity index (χ0v) is 13.3. The molecule has 2 aliphatic rings. The predicted molar refractivity (Wildman–Crippen MR) is 84.2 cm³/mol. The quantitative estimate of drug-likeness (QED) is 0.822. The summed E-state index contributed by atoms with van der Waals surface area (Å²) >= 11 is 1.74. The highest BCUT2D eigenvalue weighted by Gasteiger charge is 2.33. The molecule has 2 saturated heterocycles. The first kappa shape index (κ1) is 14.9. The van der Waals surface area contributed by atoms with Crippen LogP contribution in [-0.2, 0) is 16.6 Å². The zero-order chi connectivity index (χ0) is 14.7. The van der Waals surface area contributed by atoms with Gasteiger partial charge in [0.2, 0.25) is 5.91 Å². The van der Waals surface area contributed by atoms with Crippen LogP contribution in [0.1, 0.15) is 17.5 Å². The molecular formula is C15H23N3O2S. The first-order valence-electron chi connectivity index (χ1n) is 7.58. The van der Waals surface area contributed by atoms with Crippen molar-refractivity contribution in [3.05, 3.63) is 24.0 Å². The molecule has 0 aromatic carbocycles. The summed E-state index contributed by atoms with van der Waals surface area (Å²) in [6, 6.07) is 4.16. The number of amides is 1. The molecule has 0 N–H and O–H groups in total. The van der Waals surface area contributed by atoms with Crippen LogP contribution in [0.3, 0.4) is 0 Å². The first-order valence-corrected chi connectivity index (χ1v) is 8.63. The Kier molecular flexibility index (Phi) is 4.87. The van der Waals surface area contributed by atoms with Gasteiger partial charge in [0.05, 0.1) is 24.7 Å². The minimum atomic E-state index is 0.183. The Morgan fingerprint density at radius 3 is 2.86 bits per heavy atom. The molecular weight excluding hydrogens is 286 g/mol. The molecule has 1 unspecified atom stereocenters. The maximum Gasteiger partial charge on any atom is 0.233 e. The van der Waals surface area contributed by atoms with E-state index >= 15 is 0 Å². The molecule has 3 heterocycles. The highest BCUT2D eigenvalue weighted by molar-refractivity contribution is 8.00. The van der Waals surface area contributed by atoms with E-state index in [0.717, 1.165) is 45.8 Å². The molecule has 1 aromatic rings. The molecule has 5 nitrogen and oxygen atoms in total. The zero-order valence-electron chi connectivity index (χ0n) is 12.5. The number of hydrogen-bond donors (Lipinski definition) is 0. The van der Waals surface area contributed by atoms with Crippen LogP contribution in [0.15, 0.2) is 18.3 Å². The van der Waals surface area contributed by atoms with Gasteiger partial charge < -0.3 is 14.2 Å². The summed E-state index contributed by atoms with van der Waals surface area (Å²) < 4.78 is 7.48. The number of morpholine rings is 1. The molecule has 0 saturated carbocycles. The lowest BCUT2D eigenvalue weighted by Gasteiger charge is -2.29. The molecule has 0 spiro atoms. The number of hydrogen-bond acceptors (Lipinski definition) is 4. The number of rotatable bonds is 5. The van der Waals surface area contributed by atoms with E-state index in [0.29, 0.717) is 5.75 Å². The fraction of sp³-hybridized carbons (Fsp3) is 0.667. The van der Waals surface area contributed by atoms with Crippen LogP contribution in [0.5, 0.6) is 0 Å². The molecule has 1 atom stereocenters. The highest BCUT2D eigenvalue weighted by Crippen LogP contribution is 2.38. The van der Waals surface area contributed by atoms with Crippen LogP contribution >= 0.6 is 11.8 Å². The van der Waals surface area contributed by atoms with Crippen molar-refractivity contribution in [2.45, 2.75) is 11.8 Å². The Bertz CT molecular complexity index is 485. The van der Waals surface area contributed by atoms with E-state index in [2.05, 4.69) is 15.5 Å². The summed E-state index contributed by atoms with van der Waals surface area (Å²) in [6.07, 6.45) is 3.08. The van der Waals surface area contributed by atoms with Gasteiger partial charge in [0, 0.05) is 39.4 Å². The fourth-order valence-corrected chi connectivity index (χ4v) is 4.25. The normalized spacial score (nSPS) is 24.0. The van der Waals surface area contributed by atoms with Crippen molar-refractivity contribution >= 4 is 17.7 Å². The standard InChI is InChI=1S/C15H23N3O2S/c1-16-5-2-4-13(16)15-18(14(19)12-21-15)7-3-6-17-8-10-20-11-9-17/h2,4-5,15H,3,6-12H2,1H3. The van der Waals surface area contributed by atoms with Crippen molar-refractivity contribution < 1.29 is 9.53 Å². The highest BCUT2D eigenvalue weighted by atomic mass is 32.2. The van der Waals surface area contributed by atoms with Gasteiger partial charge in [-0.1, -0.05) is 0 Å². The Morgan fingerprint density at radius 1 is 1.33 bits per heavy atom. The van der Waals surface area contributed by atoms with Crippen molar-refractivity contribution in [3.8, 4) is 0 Å². The van der Waals surface area contributed by atoms with E-state index in [9.17, 15) is 4.79 Å². The lowest BCUT2D eigenvalue weighted by atomic mass is 10.3. The molecule has 0 aliphatic carbocycles. The number of ether oxygens (including phenoxy) is 1. The summed E-state index contributed by atoms with van der Waals surface area (Å²) in [4.78, 5) is 16.6. The summed E-state index contributed by atoms with van der Waals surface area (Å²) in [5.74, 6) is 0.876. The Hall–Kier alpha value is -0.980. The van der Waals surface area contributed by atoms with Gasteiger partial charge in [-0.2, -0.15) is 0 Å². The minimum absolute atomic E-state index is 0.183. The van der Waals surface area contributed by atoms with Crippen LogP contribution < -0.4 is 0 Å². The summed E-state index contributed by atoms with van der Waals surface area (Å²) in [7, 11) is 2.05. The number of carbonyl (C=O) groups is 1.